The van der Waals surface area contributed by atoms with Gasteiger partial charge >= 0.3 is 0 Å². The average molecular weight is 426 g/mol. The maximum Gasteiger partial charge on any atom is 0.271 e. The number of aromatic nitrogens is 5. The second-order valence-corrected chi connectivity index (χ2v) is 6.62. The molecule has 1 N–H and O–H groups in total. The smallest absolute Gasteiger partial charge is 0.271 e. The molecular formula is C18H12ClN7O4. The summed E-state index contributed by atoms with van der Waals surface area (Å²) < 4.78 is 2.58. The first-order valence-electron chi connectivity index (χ1n) is 8.50. The van der Waals surface area contributed by atoms with Gasteiger partial charge in [-0.1, -0.05) is 11.6 Å². The Morgan fingerprint density at radius 3 is 2.77 bits per heavy atom. The van der Waals surface area contributed by atoms with Crippen LogP contribution in [0.1, 0.15) is 0 Å². The molecule has 0 spiro atoms. The van der Waals surface area contributed by atoms with Crippen molar-refractivity contribution in [2.24, 2.45) is 0 Å². The first-order chi connectivity index (χ1) is 14.4. The molecule has 0 unspecified atom stereocenters. The van der Waals surface area contributed by atoms with Crippen molar-refractivity contribution < 1.29 is 9.72 Å². The van der Waals surface area contributed by atoms with E-state index in [1.807, 2.05) is 0 Å². The van der Waals surface area contributed by atoms with Gasteiger partial charge in [0.2, 0.25) is 5.91 Å². The summed E-state index contributed by atoms with van der Waals surface area (Å²) in [5.41, 5.74) is 0.435. The topological polar surface area (TPSA) is 138 Å². The molecule has 0 saturated heterocycles. The lowest BCUT2D eigenvalue weighted by atomic mass is 10.2. The lowest BCUT2D eigenvalue weighted by Gasteiger charge is -2.12. The van der Waals surface area contributed by atoms with Gasteiger partial charge in [-0.3, -0.25) is 24.3 Å². The minimum Gasteiger partial charge on any atom is -0.323 e. The van der Waals surface area contributed by atoms with Gasteiger partial charge in [-0.2, -0.15) is 5.10 Å². The molecule has 11 nitrogen and oxygen atoms in total. The number of hydrogen-bond acceptors (Lipinski definition) is 7. The predicted octanol–water partition coefficient (Wildman–Crippen LogP) is 2.18. The first-order valence-corrected chi connectivity index (χ1v) is 8.88. The number of nitro groups is 1. The number of fused-ring (bicyclic) bond motifs is 1. The van der Waals surface area contributed by atoms with Gasteiger partial charge in [-0.05, 0) is 24.3 Å². The third-order valence-corrected chi connectivity index (χ3v) is 4.47. The summed E-state index contributed by atoms with van der Waals surface area (Å²) in [6, 6.07) is 8.60. The van der Waals surface area contributed by atoms with Crippen LogP contribution in [0, 0.1) is 10.1 Å². The number of benzene rings is 2. The fourth-order valence-corrected chi connectivity index (χ4v) is 3.03. The zero-order valence-electron chi connectivity index (χ0n) is 15.1. The summed E-state index contributed by atoms with van der Waals surface area (Å²) in [6.07, 6.45) is 3.99. The molecule has 0 atom stereocenters. The van der Waals surface area contributed by atoms with E-state index in [2.05, 4.69) is 20.4 Å². The second-order valence-electron chi connectivity index (χ2n) is 6.19. The summed E-state index contributed by atoms with van der Waals surface area (Å²) in [4.78, 5) is 43.4. The molecule has 1 amide bonds. The maximum absolute atomic E-state index is 12.6. The Bertz CT molecular complexity index is 1330. The number of rotatable bonds is 5. The standard InChI is InChI=1S/C18H12ClN7O4/c19-11-1-4-16(25-9-20-8-22-25)15(5-11)23-17(27)7-24-10-21-14-6-12(26(29)30)2-3-13(14)18(24)28/h1-6,8-10H,7H2,(H,23,27). The molecule has 0 fully saturated rings. The molecule has 12 heteroatoms. The molecule has 0 saturated carbocycles. The van der Waals surface area contributed by atoms with Crippen molar-refractivity contribution in [3.05, 3.63) is 80.9 Å². The molecule has 0 aliphatic carbocycles. The van der Waals surface area contributed by atoms with Crippen LogP contribution in [-0.2, 0) is 11.3 Å². The van der Waals surface area contributed by atoms with Gasteiger partial charge in [0.1, 0.15) is 19.2 Å². The summed E-state index contributed by atoms with van der Waals surface area (Å²) in [7, 11) is 0. The third-order valence-electron chi connectivity index (χ3n) is 4.23. The molecule has 30 heavy (non-hydrogen) atoms. The summed E-state index contributed by atoms with van der Waals surface area (Å²) in [5, 5.41) is 18.2. The van der Waals surface area contributed by atoms with Gasteiger partial charge in [0.15, 0.2) is 0 Å². The van der Waals surface area contributed by atoms with Crippen molar-refractivity contribution in [3.63, 3.8) is 0 Å². The predicted molar refractivity (Wildman–Crippen MR) is 108 cm³/mol. The Morgan fingerprint density at radius 1 is 1.20 bits per heavy atom. The van der Waals surface area contributed by atoms with Crippen LogP contribution in [0.3, 0.4) is 0 Å². The van der Waals surface area contributed by atoms with Crippen molar-refractivity contribution in [1.82, 2.24) is 24.3 Å². The second kappa shape index (κ2) is 7.72. The number of anilines is 1. The van der Waals surface area contributed by atoms with E-state index in [9.17, 15) is 19.7 Å². The molecule has 2 heterocycles. The van der Waals surface area contributed by atoms with Gasteiger partial charge in [-0.25, -0.2) is 14.6 Å². The maximum atomic E-state index is 12.6. The Kier molecular flexibility index (Phi) is 4.94. The summed E-state index contributed by atoms with van der Waals surface area (Å²) >= 11 is 6.04. The molecule has 150 valence electrons. The van der Waals surface area contributed by atoms with Crippen LogP contribution in [0.5, 0.6) is 0 Å². The molecule has 0 aliphatic heterocycles. The van der Waals surface area contributed by atoms with Gasteiger partial charge in [-0.15, -0.1) is 0 Å². The van der Waals surface area contributed by atoms with E-state index in [-0.39, 0.29) is 23.1 Å². The quantitative estimate of drug-likeness (QED) is 0.382. The van der Waals surface area contributed by atoms with Crippen LogP contribution in [-0.4, -0.2) is 35.1 Å². The minimum absolute atomic E-state index is 0.168. The van der Waals surface area contributed by atoms with Gasteiger partial charge in [0, 0.05) is 17.2 Å². The lowest BCUT2D eigenvalue weighted by Crippen LogP contribution is -2.28. The van der Waals surface area contributed by atoms with Crippen molar-refractivity contribution >= 4 is 39.8 Å². The fraction of sp³-hybridized carbons (Fsp3) is 0.0556. The highest BCUT2D eigenvalue weighted by Gasteiger charge is 2.14. The van der Waals surface area contributed by atoms with E-state index < -0.39 is 16.4 Å². The van der Waals surface area contributed by atoms with Crippen LogP contribution >= 0.6 is 11.6 Å². The number of carbonyl (C=O) groups excluding carboxylic acids is 1. The zero-order chi connectivity index (χ0) is 21.3. The van der Waals surface area contributed by atoms with Crippen molar-refractivity contribution in [3.8, 4) is 5.69 Å². The van der Waals surface area contributed by atoms with E-state index in [1.54, 1.807) is 18.2 Å². The number of amides is 1. The van der Waals surface area contributed by atoms with E-state index in [0.29, 0.717) is 16.4 Å². The molecule has 2 aromatic heterocycles. The zero-order valence-corrected chi connectivity index (χ0v) is 15.9. The van der Waals surface area contributed by atoms with Gasteiger partial charge in [0.25, 0.3) is 11.2 Å². The van der Waals surface area contributed by atoms with Crippen molar-refractivity contribution in [2.75, 3.05) is 5.32 Å². The van der Waals surface area contributed by atoms with Gasteiger partial charge < -0.3 is 5.32 Å². The number of nitro benzene ring substituents is 1. The largest absolute Gasteiger partial charge is 0.323 e. The molecule has 2 aromatic carbocycles. The molecular weight excluding hydrogens is 414 g/mol. The number of hydrogen-bond donors (Lipinski definition) is 1. The van der Waals surface area contributed by atoms with E-state index in [0.717, 1.165) is 4.57 Å². The monoisotopic (exact) mass is 425 g/mol. The number of carbonyl (C=O) groups is 1. The SMILES string of the molecule is O=C(Cn1cnc2cc([N+](=O)[O-])ccc2c1=O)Nc1cc(Cl)ccc1-n1cncn1. The van der Waals surface area contributed by atoms with Crippen molar-refractivity contribution in [1.29, 1.82) is 0 Å². The summed E-state index contributed by atoms with van der Waals surface area (Å²) in [5.74, 6) is -0.496. The Labute approximate surface area is 172 Å². The molecule has 0 radical (unpaired) electrons. The number of non-ortho nitro benzene ring substituents is 1. The first kappa shape index (κ1) is 19.2. The number of nitrogens with one attached hydrogen (secondary N) is 1. The normalized spacial score (nSPS) is 10.8. The molecule has 4 rings (SSSR count). The van der Waals surface area contributed by atoms with Crippen LogP contribution in [0.15, 0.2) is 60.2 Å². The highest BCUT2D eigenvalue weighted by Crippen LogP contribution is 2.24. The van der Waals surface area contributed by atoms with E-state index in [4.69, 9.17) is 11.6 Å². The molecule has 0 bridgehead atoms. The minimum atomic E-state index is -0.572. The Hall–Kier alpha value is -4.12. The fourth-order valence-electron chi connectivity index (χ4n) is 2.86. The third kappa shape index (κ3) is 3.73. The highest BCUT2D eigenvalue weighted by molar-refractivity contribution is 6.31. The molecule has 0 aliphatic rings. The number of nitrogens with zero attached hydrogens (tertiary/aromatic N) is 6. The molecule has 4 aromatic rings. The van der Waals surface area contributed by atoms with Crippen LogP contribution < -0.4 is 10.9 Å². The van der Waals surface area contributed by atoms with Crippen LogP contribution in [0.2, 0.25) is 5.02 Å². The summed E-state index contributed by atoms with van der Waals surface area (Å²) in [6.45, 7) is -0.317. The van der Waals surface area contributed by atoms with Crippen LogP contribution in [0.4, 0.5) is 11.4 Å². The van der Waals surface area contributed by atoms with E-state index >= 15 is 0 Å². The van der Waals surface area contributed by atoms with Crippen LogP contribution in [0.25, 0.3) is 16.6 Å². The Morgan fingerprint density at radius 2 is 2.03 bits per heavy atom. The van der Waals surface area contributed by atoms with Gasteiger partial charge in [0.05, 0.1) is 33.5 Å². The van der Waals surface area contributed by atoms with Crippen molar-refractivity contribution in [2.45, 2.75) is 6.54 Å². The average Bonchev–Trinajstić information content (AvgIpc) is 3.24. The Balaban J connectivity index is 1.61. The highest BCUT2D eigenvalue weighted by atomic mass is 35.5. The number of halogens is 1. The lowest BCUT2D eigenvalue weighted by molar-refractivity contribution is -0.384. The van der Waals surface area contributed by atoms with E-state index in [1.165, 1.54) is 41.9 Å².